The van der Waals surface area contributed by atoms with E-state index in [4.69, 9.17) is 4.74 Å². The van der Waals surface area contributed by atoms with Crippen LogP contribution in [-0.2, 0) is 0 Å². The summed E-state index contributed by atoms with van der Waals surface area (Å²) in [5.74, 6) is 5.63. The number of fused-ring (bicyclic) bond motifs is 5. The molecule has 0 N–H and O–H groups in total. The van der Waals surface area contributed by atoms with Gasteiger partial charge in [-0.2, -0.15) is 0 Å². The number of hydrogen-bond acceptors (Lipinski definition) is 1. The fourth-order valence-electron chi connectivity index (χ4n) is 5.43. The van der Waals surface area contributed by atoms with Crippen LogP contribution >= 0.6 is 0 Å². The fraction of sp³-hybridized carbons (Fsp3) is 0.700. The van der Waals surface area contributed by atoms with Crippen LogP contribution in [0, 0.1) is 23.7 Å². The lowest BCUT2D eigenvalue weighted by atomic mass is 9.80. The Labute approximate surface area is 129 Å². The van der Waals surface area contributed by atoms with Crippen molar-refractivity contribution in [1.29, 1.82) is 0 Å². The van der Waals surface area contributed by atoms with Crippen LogP contribution in [0.3, 0.4) is 0 Å². The Morgan fingerprint density at radius 2 is 1.81 bits per heavy atom. The van der Waals surface area contributed by atoms with Gasteiger partial charge in [0.15, 0.2) is 0 Å². The fourth-order valence-corrected chi connectivity index (χ4v) is 5.43. The van der Waals surface area contributed by atoms with Gasteiger partial charge in [0.2, 0.25) is 0 Å². The molecule has 1 aromatic rings. The van der Waals surface area contributed by atoms with Gasteiger partial charge in [-0.15, -0.1) is 0 Å². The molecule has 3 aliphatic carbocycles. The molecule has 6 unspecified atom stereocenters. The van der Waals surface area contributed by atoms with Crippen LogP contribution in [0.25, 0.3) is 0 Å². The van der Waals surface area contributed by atoms with Gasteiger partial charge >= 0.3 is 0 Å². The highest BCUT2D eigenvalue weighted by atomic mass is 16.5. The summed E-state index contributed by atoms with van der Waals surface area (Å²) in [5.41, 5.74) is 1.44. The van der Waals surface area contributed by atoms with E-state index in [9.17, 15) is 0 Å². The molecule has 3 aliphatic rings. The van der Waals surface area contributed by atoms with Crippen molar-refractivity contribution < 1.29 is 4.74 Å². The Kier molecular flexibility index (Phi) is 3.47. The molecular weight excluding hydrogens is 256 g/mol. The largest absolute Gasteiger partial charge is 0.490 e. The molecule has 21 heavy (non-hydrogen) atoms. The van der Waals surface area contributed by atoms with Gasteiger partial charge in [0.25, 0.3) is 0 Å². The molecule has 0 amide bonds. The molecule has 0 radical (unpaired) electrons. The molecule has 3 saturated carbocycles. The molecule has 0 saturated heterocycles. The Morgan fingerprint density at radius 1 is 1.05 bits per heavy atom. The molecule has 4 rings (SSSR count). The molecule has 0 heterocycles. The minimum atomic E-state index is 0.504. The van der Waals surface area contributed by atoms with Crippen molar-refractivity contribution in [3.05, 3.63) is 29.8 Å². The first-order valence-electron chi connectivity index (χ1n) is 9.03. The van der Waals surface area contributed by atoms with Gasteiger partial charge in [-0.1, -0.05) is 32.4 Å². The second kappa shape index (κ2) is 5.34. The van der Waals surface area contributed by atoms with Crippen molar-refractivity contribution in [3.63, 3.8) is 0 Å². The van der Waals surface area contributed by atoms with Crippen molar-refractivity contribution in [2.24, 2.45) is 23.7 Å². The molecule has 6 atom stereocenters. The second-order valence-corrected chi connectivity index (χ2v) is 7.69. The Hall–Kier alpha value is -0.980. The van der Waals surface area contributed by atoms with Crippen LogP contribution in [0.4, 0.5) is 0 Å². The van der Waals surface area contributed by atoms with Gasteiger partial charge < -0.3 is 4.74 Å². The lowest BCUT2D eigenvalue weighted by Crippen LogP contribution is -2.32. The summed E-state index contributed by atoms with van der Waals surface area (Å²) in [7, 11) is 0. The molecule has 1 heteroatoms. The van der Waals surface area contributed by atoms with Crippen molar-refractivity contribution in [3.8, 4) is 5.75 Å². The highest BCUT2D eigenvalue weighted by molar-refractivity contribution is 5.29. The van der Waals surface area contributed by atoms with E-state index in [2.05, 4.69) is 38.1 Å². The van der Waals surface area contributed by atoms with E-state index >= 15 is 0 Å². The van der Waals surface area contributed by atoms with Gasteiger partial charge in [0.1, 0.15) is 11.9 Å². The highest BCUT2D eigenvalue weighted by Gasteiger charge is 2.54. The summed E-state index contributed by atoms with van der Waals surface area (Å²) in [6, 6.07) is 8.91. The van der Waals surface area contributed by atoms with Crippen LogP contribution in [-0.4, -0.2) is 6.10 Å². The first-order chi connectivity index (χ1) is 10.3. The van der Waals surface area contributed by atoms with E-state index in [1.165, 1.54) is 44.1 Å². The predicted octanol–water partition coefficient (Wildman–Crippen LogP) is 5.40. The van der Waals surface area contributed by atoms with Crippen molar-refractivity contribution >= 4 is 0 Å². The predicted molar refractivity (Wildman–Crippen MR) is 86.6 cm³/mol. The first-order valence-corrected chi connectivity index (χ1v) is 9.03. The molecule has 2 bridgehead atoms. The maximum Gasteiger partial charge on any atom is 0.119 e. The average molecular weight is 284 g/mol. The van der Waals surface area contributed by atoms with Crippen LogP contribution in [0.5, 0.6) is 5.75 Å². The zero-order valence-corrected chi connectivity index (χ0v) is 13.4. The maximum atomic E-state index is 6.39. The molecule has 1 aromatic carbocycles. The third-order valence-corrected chi connectivity index (χ3v) is 6.72. The molecule has 3 fully saturated rings. The number of ether oxygens (including phenoxy) is 1. The molecule has 0 spiro atoms. The number of hydrogen-bond donors (Lipinski definition) is 0. The second-order valence-electron chi connectivity index (χ2n) is 7.69. The van der Waals surface area contributed by atoms with E-state index in [1.54, 1.807) is 0 Å². The van der Waals surface area contributed by atoms with E-state index in [-0.39, 0.29) is 0 Å². The normalized spacial score (nSPS) is 38.5. The minimum absolute atomic E-state index is 0.504. The van der Waals surface area contributed by atoms with Crippen molar-refractivity contribution in [2.75, 3.05) is 0 Å². The maximum absolute atomic E-state index is 6.39. The molecule has 1 nitrogen and oxygen atoms in total. The third kappa shape index (κ3) is 2.29. The highest BCUT2D eigenvalue weighted by Crippen LogP contribution is 2.59. The monoisotopic (exact) mass is 284 g/mol. The zero-order chi connectivity index (χ0) is 14.4. The van der Waals surface area contributed by atoms with E-state index in [1.807, 2.05) is 0 Å². The summed E-state index contributed by atoms with van der Waals surface area (Å²) in [6.45, 7) is 4.55. The van der Waals surface area contributed by atoms with E-state index < -0.39 is 0 Å². The number of benzene rings is 1. The Morgan fingerprint density at radius 3 is 2.57 bits per heavy atom. The van der Waals surface area contributed by atoms with Gasteiger partial charge in [-0.05, 0) is 79.4 Å². The van der Waals surface area contributed by atoms with E-state index in [0.29, 0.717) is 12.0 Å². The Bertz CT molecular complexity index is 491. The van der Waals surface area contributed by atoms with Gasteiger partial charge in [0, 0.05) is 0 Å². The SMILES string of the molecule is CCC(C)c1ccc(OC2CC3CC2C2CCCC32)cc1. The standard InChI is InChI=1S/C20H28O/c1-3-13(2)14-7-9-16(10-8-14)21-20-12-15-11-19(20)18-6-4-5-17(15)18/h7-10,13,15,17-20H,3-6,11-12H2,1-2H3. The zero-order valence-electron chi connectivity index (χ0n) is 13.4. The van der Waals surface area contributed by atoms with Gasteiger partial charge in [-0.25, -0.2) is 0 Å². The third-order valence-electron chi connectivity index (χ3n) is 6.72. The first kappa shape index (κ1) is 13.7. The van der Waals surface area contributed by atoms with Gasteiger partial charge in [0.05, 0.1) is 0 Å². The molecule has 0 aromatic heterocycles. The van der Waals surface area contributed by atoms with Crippen LogP contribution < -0.4 is 4.74 Å². The Balaban J connectivity index is 1.43. The van der Waals surface area contributed by atoms with Crippen LogP contribution in [0.15, 0.2) is 24.3 Å². The summed E-state index contributed by atoms with van der Waals surface area (Å²) < 4.78 is 6.39. The number of rotatable bonds is 4. The average Bonchev–Trinajstić information content (AvgIpc) is 3.19. The molecular formula is C20H28O. The topological polar surface area (TPSA) is 9.23 Å². The summed E-state index contributed by atoms with van der Waals surface area (Å²) >= 11 is 0. The summed E-state index contributed by atoms with van der Waals surface area (Å²) in [6.07, 6.45) is 8.92. The minimum Gasteiger partial charge on any atom is -0.490 e. The lowest BCUT2D eigenvalue weighted by Gasteiger charge is -2.31. The van der Waals surface area contributed by atoms with Gasteiger partial charge in [-0.3, -0.25) is 0 Å². The summed E-state index contributed by atoms with van der Waals surface area (Å²) in [5, 5.41) is 0. The molecule has 0 aliphatic heterocycles. The van der Waals surface area contributed by atoms with E-state index in [0.717, 1.165) is 29.4 Å². The van der Waals surface area contributed by atoms with Crippen molar-refractivity contribution in [1.82, 2.24) is 0 Å². The summed E-state index contributed by atoms with van der Waals surface area (Å²) in [4.78, 5) is 0. The molecule has 114 valence electrons. The van der Waals surface area contributed by atoms with Crippen molar-refractivity contribution in [2.45, 2.75) is 64.4 Å². The smallest absolute Gasteiger partial charge is 0.119 e. The quantitative estimate of drug-likeness (QED) is 0.719. The van der Waals surface area contributed by atoms with Crippen LogP contribution in [0.1, 0.15) is 63.9 Å². The van der Waals surface area contributed by atoms with Crippen LogP contribution in [0.2, 0.25) is 0 Å². The lowest BCUT2D eigenvalue weighted by molar-refractivity contribution is 0.0842.